The van der Waals surface area contributed by atoms with Crippen molar-refractivity contribution in [2.24, 2.45) is 0 Å². The van der Waals surface area contributed by atoms with Gasteiger partial charge in [-0.3, -0.25) is 4.79 Å². The minimum Gasteiger partial charge on any atom is -0.390 e. The summed E-state index contributed by atoms with van der Waals surface area (Å²) in [6.45, 7) is 0.00146. The molecule has 8 heteroatoms. The van der Waals surface area contributed by atoms with Gasteiger partial charge < -0.3 is 10.0 Å². The van der Waals surface area contributed by atoms with Crippen molar-refractivity contribution in [3.63, 3.8) is 0 Å². The van der Waals surface area contributed by atoms with E-state index in [1.54, 1.807) is 24.3 Å². The van der Waals surface area contributed by atoms with Gasteiger partial charge in [-0.1, -0.05) is 60.1 Å². The van der Waals surface area contributed by atoms with Crippen LogP contribution < -0.4 is 0 Å². The molecule has 1 unspecified atom stereocenters. The van der Waals surface area contributed by atoms with Crippen molar-refractivity contribution in [3.8, 4) is 0 Å². The van der Waals surface area contributed by atoms with Gasteiger partial charge in [0.2, 0.25) is 15.9 Å². The van der Waals surface area contributed by atoms with E-state index in [0.717, 1.165) is 9.87 Å². The molecule has 1 atom stereocenters. The summed E-state index contributed by atoms with van der Waals surface area (Å²) >= 11 is 6.06. The molecule has 1 amide bonds. The van der Waals surface area contributed by atoms with Crippen LogP contribution in [0.15, 0.2) is 54.6 Å². The fourth-order valence-corrected chi connectivity index (χ4v) is 4.85. The lowest BCUT2D eigenvalue weighted by Gasteiger charge is -2.22. The average molecular weight is 409 g/mol. The number of carbonyl (C=O) groups excluding carboxylic acids is 1. The van der Waals surface area contributed by atoms with Gasteiger partial charge in [-0.2, -0.15) is 4.31 Å². The first-order valence-electron chi connectivity index (χ1n) is 8.56. The van der Waals surface area contributed by atoms with E-state index in [1.165, 1.54) is 4.90 Å². The number of hydrogen-bond acceptors (Lipinski definition) is 4. The number of hydrogen-bond donors (Lipinski definition) is 1. The van der Waals surface area contributed by atoms with E-state index < -0.39 is 16.1 Å². The number of carbonyl (C=O) groups is 1. The van der Waals surface area contributed by atoms with Crippen LogP contribution in [-0.2, 0) is 27.1 Å². The van der Waals surface area contributed by atoms with Crippen LogP contribution in [0.4, 0.5) is 0 Å². The molecule has 0 aromatic heterocycles. The molecule has 2 aromatic carbocycles. The summed E-state index contributed by atoms with van der Waals surface area (Å²) in [6, 6.07) is 16.1. The SMILES string of the molecule is O=C1CN(S(=O)(=O)Cc2ccccc2Cl)CC(O)CN1Cc1ccccc1. The molecule has 3 rings (SSSR count). The molecule has 0 saturated carbocycles. The minimum atomic E-state index is -3.80. The third-order valence-electron chi connectivity index (χ3n) is 4.42. The highest BCUT2D eigenvalue weighted by Crippen LogP contribution is 2.21. The number of benzene rings is 2. The van der Waals surface area contributed by atoms with Gasteiger partial charge in [0.15, 0.2) is 0 Å². The Morgan fingerprint density at radius 2 is 1.70 bits per heavy atom. The number of rotatable bonds is 5. The van der Waals surface area contributed by atoms with Crippen molar-refractivity contribution in [2.75, 3.05) is 19.6 Å². The third kappa shape index (κ3) is 5.07. The zero-order valence-electron chi connectivity index (χ0n) is 14.7. The fourth-order valence-electron chi connectivity index (χ4n) is 3.04. The number of amides is 1. The van der Waals surface area contributed by atoms with Gasteiger partial charge in [-0.05, 0) is 17.2 Å². The molecule has 1 N–H and O–H groups in total. The van der Waals surface area contributed by atoms with Crippen LogP contribution in [0, 0.1) is 0 Å². The Balaban J connectivity index is 1.76. The van der Waals surface area contributed by atoms with Gasteiger partial charge in [0, 0.05) is 24.7 Å². The van der Waals surface area contributed by atoms with Crippen LogP contribution in [0.25, 0.3) is 0 Å². The van der Waals surface area contributed by atoms with Crippen LogP contribution in [-0.4, -0.2) is 54.4 Å². The molecule has 0 aliphatic carbocycles. The second kappa shape index (κ2) is 8.39. The number of sulfonamides is 1. The van der Waals surface area contributed by atoms with Gasteiger partial charge in [0.05, 0.1) is 18.4 Å². The van der Waals surface area contributed by atoms with Gasteiger partial charge >= 0.3 is 0 Å². The molecule has 1 heterocycles. The maximum atomic E-state index is 12.8. The molecular formula is C19H21ClN2O4S. The molecule has 1 saturated heterocycles. The fraction of sp³-hybridized carbons (Fsp3) is 0.316. The summed E-state index contributed by atoms with van der Waals surface area (Å²) in [4.78, 5) is 14.1. The van der Waals surface area contributed by atoms with E-state index in [0.29, 0.717) is 17.1 Å². The predicted octanol–water partition coefficient (Wildman–Crippen LogP) is 1.88. The predicted molar refractivity (Wildman–Crippen MR) is 104 cm³/mol. The van der Waals surface area contributed by atoms with Crippen molar-refractivity contribution < 1.29 is 18.3 Å². The summed E-state index contributed by atoms with van der Waals surface area (Å²) in [5.41, 5.74) is 1.39. The van der Waals surface area contributed by atoms with Gasteiger partial charge in [-0.25, -0.2) is 8.42 Å². The Hall–Kier alpha value is -1.93. The third-order valence-corrected chi connectivity index (χ3v) is 6.52. The lowest BCUT2D eigenvalue weighted by molar-refractivity contribution is -0.131. The lowest BCUT2D eigenvalue weighted by Crippen LogP contribution is -2.40. The number of β-amino-alcohol motifs (C(OH)–C–C–N with tert-alkyl or cyclic N) is 1. The highest BCUT2D eigenvalue weighted by Gasteiger charge is 2.33. The van der Waals surface area contributed by atoms with Crippen LogP contribution >= 0.6 is 11.6 Å². The lowest BCUT2D eigenvalue weighted by atomic mass is 10.2. The monoisotopic (exact) mass is 408 g/mol. The average Bonchev–Trinajstić information content (AvgIpc) is 2.77. The van der Waals surface area contributed by atoms with E-state index in [1.807, 2.05) is 30.3 Å². The second-order valence-corrected chi connectivity index (χ2v) is 8.93. The number of aliphatic hydroxyl groups excluding tert-OH is 1. The Morgan fingerprint density at radius 3 is 2.41 bits per heavy atom. The highest BCUT2D eigenvalue weighted by molar-refractivity contribution is 7.88. The quantitative estimate of drug-likeness (QED) is 0.819. The summed E-state index contributed by atoms with van der Waals surface area (Å²) in [6.07, 6.45) is -0.957. The second-order valence-electron chi connectivity index (χ2n) is 6.55. The van der Waals surface area contributed by atoms with Crippen molar-refractivity contribution >= 4 is 27.5 Å². The summed E-state index contributed by atoms with van der Waals surface area (Å²) in [7, 11) is -3.80. The topological polar surface area (TPSA) is 77.9 Å². The Morgan fingerprint density at radius 1 is 1.04 bits per heavy atom. The number of aliphatic hydroxyl groups is 1. The van der Waals surface area contributed by atoms with Crippen LogP contribution in [0.5, 0.6) is 0 Å². The Kier molecular flexibility index (Phi) is 6.16. The highest BCUT2D eigenvalue weighted by atomic mass is 35.5. The maximum absolute atomic E-state index is 12.8. The van der Waals surface area contributed by atoms with E-state index in [4.69, 9.17) is 11.6 Å². The molecule has 2 aromatic rings. The first-order chi connectivity index (χ1) is 12.8. The first-order valence-corrected chi connectivity index (χ1v) is 10.5. The molecule has 144 valence electrons. The standard InChI is InChI=1S/C19H21ClN2O4S/c20-18-9-5-4-8-16(18)14-27(25,26)22-12-17(23)11-21(19(24)13-22)10-15-6-2-1-3-7-15/h1-9,17,23H,10-14H2. The number of nitrogens with zero attached hydrogens (tertiary/aromatic N) is 2. The number of halogens is 1. The van der Waals surface area contributed by atoms with Crippen LogP contribution in [0.3, 0.4) is 0 Å². The maximum Gasteiger partial charge on any atom is 0.238 e. The summed E-state index contributed by atoms with van der Waals surface area (Å²) < 4.78 is 26.7. The van der Waals surface area contributed by atoms with Crippen molar-refractivity contribution in [1.29, 1.82) is 0 Å². The smallest absolute Gasteiger partial charge is 0.238 e. The van der Waals surface area contributed by atoms with Gasteiger partial charge in [0.1, 0.15) is 0 Å². The summed E-state index contributed by atoms with van der Waals surface area (Å²) in [5, 5.41) is 10.6. The molecule has 0 spiro atoms. The Bertz CT molecular complexity index is 905. The zero-order valence-corrected chi connectivity index (χ0v) is 16.2. The molecular weight excluding hydrogens is 388 g/mol. The molecule has 0 radical (unpaired) electrons. The van der Waals surface area contributed by atoms with Crippen molar-refractivity contribution in [2.45, 2.75) is 18.4 Å². The van der Waals surface area contributed by atoms with Gasteiger partial charge in [-0.15, -0.1) is 0 Å². The molecule has 0 bridgehead atoms. The molecule has 6 nitrogen and oxygen atoms in total. The van der Waals surface area contributed by atoms with Crippen molar-refractivity contribution in [3.05, 3.63) is 70.7 Å². The largest absolute Gasteiger partial charge is 0.390 e. The molecule has 1 aliphatic heterocycles. The van der Waals surface area contributed by atoms with E-state index >= 15 is 0 Å². The van der Waals surface area contributed by atoms with E-state index in [-0.39, 0.29) is 31.3 Å². The molecule has 1 aliphatic rings. The van der Waals surface area contributed by atoms with E-state index in [2.05, 4.69) is 0 Å². The van der Waals surface area contributed by atoms with Crippen LogP contribution in [0.1, 0.15) is 11.1 Å². The normalized spacial score (nSPS) is 19.1. The van der Waals surface area contributed by atoms with Crippen molar-refractivity contribution in [1.82, 2.24) is 9.21 Å². The molecule has 27 heavy (non-hydrogen) atoms. The van der Waals surface area contributed by atoms with Gasteiger partial charge in [0.25, 0.3) is 0 Å². The van der Waals surface area contributed by atoms with E-state index in [9.17, 15) is 18.3 Å². The van der Waals surface area contributed by atoms with Crippen LogP contribution in [0.2, 0.25) is 5.02 Å². The summed E-state index contributed by atoms with van der Waals surface area (Å²) in [5.74, 6) is -0.649. The Labute approximate surface area is 164 Å². The zero-order chi connectivity index (χ0) is 19.4. The molecule has 1 fully saturated rings. The first kappa shape index (κ1) is 19.8. The minimum absolute atomic E-state index is 0.0891.